The molecule has 1 fully saturated rings. The summed E-state index contributed by atoms with van der Waals surface area (Å²) in [5.74, 6) is 0.411. The van der Waals surface area contributed by atoms with Gasteiger partial charge in [-0.2, -0.15) is 0 Å². The van der Waals surface area contributed by atoms with E-state index in [0.29, 0.717) is 5.75 Å². The van der Waals surface area contributed by atoms with E-state index in [1.807, 2.05) is 0 Å². The Morgan fingerprint density at radius 1 is 1.25 bits per heavy atom. The summed E-state index contributed by atoms with van der Waals surface area (Å²) in [7, 11) is 1.00. The molecule has 20 heavy (non-hydrogen) atoms. The molecule has 1 aliphatic rings. The highest BCUT2D eigenvalue weighted by atomic mass is 16.7. The lowest BCUT2D eigenvalue weighted by atomic mass is 10.1. The molecule has 1 aliphatic heterocycles. The van der Waals surface area contributed by atoms with Gasteiger partial charge in [-0.3, -0.25) is 10.1 Å². The molecule has 0 aliphatic carbocycles. The standard InChI is InChI=1S/C11H13NO6.CH4O/c13-9-5-11(17-6-10(9)14)18-8-3-1-7(2-4-8)12(15)16;1-2/h1-4,9-11,13-14H,5-6H2;2H,1H3/t9-,10-,11+;/m1./s1. The predicted molar refractivity (Wildman–Crippen MR) is 68.2 cm³/mol. The van der Waals surface area contributed by atoms with Gasteiger partial charge in [0.1, 0.15) is 11.9 Å². The van der Waals surface area contributed by atoms with Gasteiger partial charge >= 0.3 is 0 Å². The number of aliphatic hydroxyl groups excluding tert-OH is 3. The number of nitro groups is 1. The molecule has 8 heteroatoms. The minimum atomic E-state index is -0.901. The number of benzene rings is 1. The van der Waals surface area contributed by atoms with Gasteiger partial charge < -0.3 is 24.8 Å². The molecule has 0 radical (unpaired) electrons. The zero-order valence-corrected chi connectivity index (χ0v) is 10.9. The Morgan fingerprint density at radius 3 is 2.35 bits per heavy atom. The van der Waals surface area contributed by atoms with E-state index in [9.17, 15) is 20.3 Å². The summed E-state index contributed by atoms with van der Waals surface area (Å²) in [6.07, 6.45) is -2.30. The smallest absolute Gasteiger partial charge is 0.269 e. The Hall–Kier alpha value is -1.74. The van der Waals surface area contributed by atoms with E-state index < -0.39 is 23.4 Å². The van der Waals surface area contributed by atoms with Gasteiger partial charge in [-0.25, -0.2) is 0 Å². The van der Waals surface area contributed by atoms with E-state index in [-0.39, 0.29) is 18.7 Å². The fourth-order valence-electron chi connectivity index (χ4n) is 1.62. The molecule has 1 aromatic carbocycles. The van der Waals surface area contributed by atoms with Crippen LogP contribution in [0.15, 0.2) is 24.3 Å². The van der Waals surface area contributed by atoms with Gasteiger partial charge in [-0.15, -0.1) is 0 Å². The van der Waals surface area contributed by atoms with Crippen LogP contribution >= 0.6 is 0 Å². The lowest BCUT2D eigenvalue weighted by Gasteiger charge is -2.30. The first-order chi connectivity index (χ1) is 9.56. The van der Waals surface area contributed by atoms with Crippen LogP contribution in [0.4, 0.5) is 5.69 Å². The zero-order valence-electron chi connectivity index (χ0n) is 10.9. The van der Waals surface area contributed by atoms with Crippen molar-refractivity contribution in [3.63, 3.8) is 0 Å². The molecule has 3 N–H and O–H groups in total. The number of nitrogens with zero attached hydrogens (tertiary/aromatic N) is 1. The van der Waals surface area contributed by atoms with Crippen molar-refractivity contribution in [2.24, 2.45) is 0 Å². The van der Waals surface area contributed by atoms with Crippen LogP contribution in [0.1, 0.15) is 6.42 Å². The van der Waals surface area contributed by atoms with E-state index in [1.54, 1.807) is 0 Å². The summed E-state index contributed by atoms with van der Waals surface area (Å²) in [6, 6.07) is 5.56. The summed E-state index contributed by atoms with van der Waals surface area (Å²) in [5.41, 5.74) is -0.0256. The van der Waals surface area contributed by atoms with E-state index in [4.69, 9.17) is 14.6 Å². The van der Waals surface area contributed by atoms with Gasteiger partial charge in [0.05, 0.1) is 17.6 Å². The van der Waals surface area contributed by atoms with Crippen molar-refractivity contribution in [3.05, 3.63) is 34.4 Å². The SMILES string of the molecule is CO.O=[N+]([O-])c1ccc(O[C@H]2C[C@@H](O)[C@H](O)CO2)cc1. The number of non-ortho nitro benzene ring substituents is 1. The average molecular weight is 287 g/mol. The molecular formula is C12H17NO7. The first-order valence-corrected chi connectivity index (χ1v) is 5.90. The molecule has 1 saturated heterocycles. The Kier molecular flexibility index (Phi) is 6.32. The predicted octanol–water partition coefficient (Wildman–Crippen LogP) is 0.0503. The summed E-state index contributed by atoms with van der Waals surface area (Å²) in [5, 5.41) is 36.2. The normalized spacial score (nSPS) is 25.3. The maximum Gasteiger partial charge on any atom is 0.269 e. The molecule has 8 nitrogen and oxygen atoms in total. The van der Waals surface area contributed by atoms with Crippen molar-refractivity contribution < 1.29 is 29.7 Å². The number of ether oxygens (including phenoxy) is 2. The van der Waals surface area contributed by atoms with Crippen LogP contribution in [0, 0.1) is 10.1 Å². The largest absolute Gasteiger partial charge is 0.465 e. The van der Waals surface area contributed by atoms with Gasteiger partial charge in [-0.1, -0.05) is 0 Å². The highest BCUT2D eigenvalue weighted by Crippen LogP contribution is 2.22. The Bertz CT molecular complexity index is 422. The third-order valence-electron chi connectivity index (χ3n) is 2.65. The van der Waals surface area contributed by atoms with Gasteiger partial charge in [0, 0.05) is 25.7 Å². The third-order valence-corrected chi connectivity index (χ3v) is 2.65. The summed E-state index contributed by atoms with van der Waals surface area (Å²) < 4.78 is 10.6. The number of aliphatic hydroxyl groups is 3. The van der Waals surface area contributed by atoms with E-state index in [0.717, 1.165) is 7.11 Å². The monoisotopic (exact) mass is 287 g/mol. The van der Waals surface area contributed by atoms with Crippen LogP contribution in [0.5, 0.6) is 5.75 Å². The first kappa shape index (κ1) is 16.3. The third kappa shape index (κ3) is 4.42. The number of rotatable bonds is 3. The van der Waals surface area contributed by atoms with Crippen LogP contribution < -0.4 is 4.74 Å². The van der Waals surface area contributed by atoms with Crippen molar-refractivity contribution in [2.45, 2.75) is 24.9 Å². The Balaban J connectivity index is 0.000000956. The molecule has 0 unspecified atom stereocenters. The minimum Gasteiger partial charge on any atom is -0.465 e. The molecule has 1 heterocycles. The van der Waals surface area contributed by atoms with Crippen molar-refractivity contribution in [3.8, 4) is 5.75 Å². The van der Waals surface area contributed by atoms with Gasteiger partial charge in [0.25, 0.3) is 5.69 Å². The molecule has 0 spiro atoms. The highest BCUT2D eigenvalue weighted by molar-refractivity contribution is 5.36. The second-order valence-electron chi connectivity index (χ2n) is 4.00. The fraction of sp³-hybridized carbons (Fsp3) is 0.500. The highest BCUT2D eigenvalue weighted by Gasteiger charge is 2.29. The second-order valence-corrected chi connectivity index (χ2v) is 4.00. The van der Waals surface area contributed by atoms with Gasteiger partial charge in [-0.05, 0) is 12.1 Å². The van der Waals surface area contributed by atoms with Crippen LogP contribution in [0.2, 0.25) is 0 Å². The molecular weight excluding hydrogens is 270 g/mol. The lowest BCUT2D eigenvalue weighted by Crippen LogP contribution is -2.43. The average Bonchev–Trinajstić information content (AvgIpc) is 2.46. The fourth-order valence-corrected chi connectivity index (χ4v) is 1.62. The molecule has 0 amide bonds. The Labute approximate surface area is 115 Å². The van der Waals surface area contributed by atoms with E-state index in [2.05, 4.69) is 0 Å². The molecule has 1 aromatic rings. The summed E-state index contributed by atoms with van der Waals surface area (Å²) in [4.78, 5) is 9.96. The van der Waals surface area contributed by atoms with Crippen molar-refractivity contribution in [2.75, 3.05) is 13.7 Å². The molecule has 112 valence electrons. The molecule has 0 aromatic heterocycles. The van der Waals surface area contributed by atoms with Crippen molar-refractivity contribution in [1.29, 1.82) is 0 Å². The zero-order chi connectivity index (χ0) is 15.1. The number of hydrogen-bond donors (Lipinski definition) is 3. The maximum atomic E-state index is 10.5. The quantitative estimate of drug-likeness (QED) is 0.530. The molecule has 0 saturated carbocycles. The van der Waals surface area contributed by atoms with Crippen molar-refractivity contribution in [1.82, 2.24) is 0 Å². The maximum absolute atomic E-state index is 10.5. The summed E-state index contributed by atoms with van der Waals surface area (Å²) in [6.45, 7) is -0.00118. The van der Waals surface area contributed by atoms with Crippen LogP contribution in [-0.2, 0) is 4.74 Å². The Morgan fingerprint density at radius 2 is 1.85 bits per heavy atom. The molecule has 3 atom stereocenters. The van der Waals surface area contributed by atoms with E-state index in [1.165, 1.54) is 24.3 Å². The van der Waals surface area contributed by atoms with Gasteiger partial charge in [0.2, 0.25) is 6.29 Å². The molecule has 0 bridgehead atoms. The van der Waals surface area contributed by atoms with Crippen molar-refractivity contribution >= 4 is 5.69 Å². The van der Waals surface area contributed by atoms with E-state index >= 15 is 0 Å². The van der Waals surface area contributed by atoms with Crippen LogP contribution in [0.3, 0.4) is 0 Å². The topological polar surface area (TPSA) is 122 Å². The first-order valence-electron chi connectivity index (χ1n) is 5.90. The number of nitro benzene ring substituents is 1. The summed E-state index contributed by atoms with van der Waals surface area (Å²) >= 11 is 0. The minimum absolute atomic E-state index is 0.00118. The number of hydrogen-bond acceptors (Lipinski definition) is 7. The molecule has 2 rings (SSSR count). The van der Waals surface area contributed by atoms with Crippen LogP contribution in [-0.4, -0.2) is 52.5 Å². The van der Waals surface area contributed by atoms with Crippen LogP contribution in [0.25, 0.3) is 0 Å². The lowest BCUT2D eigenvalue weighted by molar-refractivity contribution is -0.384. The van der Waals surface area contributed by atoms with Gasteiger partial charge in [0.15, 0.2) is 0 Å². The second kappa shape index (κ2) is 7.75.